The fourth-order valence-electron chi connectivity index (χ4n) is 0.557. The van der Waals surface area contributed by atoms with Gasteiger partial charge in [-0.2, -0.15) is 0 Å². The van der Waals surface area contributed by atoms with Crippen LogP contribution in [-0.2, 0) is 4.79 Å². The van der Waals surface area contributed by atoms with E-state index in [1.165, 1.54) is 0 Å². The second-order valence-electron chi connectivity index (χ2n) is 1.92. The summed E-state index contributed by atoms with van der Waals surface area (Å²) in [4.78, 5) is 10.1. The SMILES string of the molecule is O=C([OH2+])CCCCCBr. The van der Waals surface area contributed by atoms with E-state index in [0.717, 1.165) is 24.6 Å². The lowest BCUT2D eigenvalue weighted by atomic mass is 10.2. The fraction of sp³-hybridized carbons (Fsp3) is 0.833. The Morgan fingerprint density at radius 2 is 2.00 bits per heavy atom. The first-order valence-electron chi connectivity index (χ1n) is 3.07. The van der Waals surface area contributed by atoms with Gasteiger partial charge in [0.25, 0.3) is 0 Å². The van der Waals surface area contributed by atoms with Crippen LogP contribution in [0.15, 0.2) is 0 Å². The van der Waals surface area contributed by atoms with Crippen LogP contribution in [0.3, 0.4) is 0 Å². The molecule has 0 amide bonds. The number of carbonyl (C=O) groups excluding carboxylic acids is 1. The monoisotopic (exact) mass is 195 g/mol. The third-order valence-corrected chi connectivity index (χ3v) is 1.60. The topological polar surface area (TPSA) is 40.0 Å². The quantitative estimate of drug-likeness (QED) is 0.370. The van der Waals surface area contributed by atoms with E-state index in [0.29, 0.717) is 6.42 Å². The van der Waals surface area contributed by atoms with Crippen molar-refractivity contribution in [2.75, 3.05) is 5.33 Å². The van der Waals surface area contributed by atoms with Gasteiger partial charge in [-0.3, -0.25) is 0 Å². The van der Waals surface area contributed by atoms with Gasteiger partial charge in [-0.15, -0.1) is 0 Å². The molecular formula is C6H12BrO2+. The van der Waals surface area contributed by atoms with Gasteiger partial charge in [0.1, 0.15) is 6.42 Å². The largest absolute Gasteiger partial charge is 0.565 e. The Labute approximate surface area is 63.4 Å². The predicted octanol–water partition coefficient (Wildman–Crippen LogP) is 1.19. The van der Waals surface area contributed by atoms with Crippen LogP contribution < -0.4 is 0 Å². The van der Waals surface area contributed by atoms with Crippen LogP contribution in [0, 0.1) is 0 Å². The van der Waals surface area contributed by atoms with Crippen LogP contribution in [-0.4, -0.2) is 16.4 Å². The summed E-state index contributed by atoms with van der Waals surface area (Å²) in [6, 6.07) is 0. The number of hydrogen-bond donors (Lipinski definition) is 0. The Morgan fingerprint density at radius 3 is 2.44 bits per heavy atom. The molecule has 0 bridgehead atoms. The summed E-state index contributed by atoms with van der Waals surface area (Å²) in [6.07, 6.45) is 3.45. The first kappa shape index (κ1) is 8.95. The zero-order chi connectivity index (χ0) is 7.11. The maximum atomic E-state index is 10.1. The average Bonchev–Trinajstić information content (AvgIpc) is 1.80. The highest BCUT2D eigenvalue weighted by molar-refractivity contribution is 9.09. The van der Waals surface area contributed by atoms with E-state index in [-0.39, 0.29) is 0 Å². The van der Waals surface area contributed by atoms with Crippen LogP contribution in [0.5, 0.6) is 0 Å². The highest BCUT2D eigenvalue weighted by atomic mass is 79.9. The predicted molar refractivity (Wildman–Crippen MR) is 40.9 cm³/mol. The Hall–Kier alpha value is -0.0500. The Bertz CT molecular complexity index is 83.1. The van der Waals surface area contributed by atoms with Crippen molar-refractivity contribution in [2.45, 2.75) is 25.7 Å². The third kappa shape index (κ3) is 7.95. The molecule has 0 aliphatic heterocycles. The number of unbranched alkanes of at least 4 members (excludes halogenated alkanes) is 2. The highest BCUT2D eigenvalue weighted by Gasteiger charge is 2.02. The number of halogens is 1. The van der Waals surface area contributed by atoms with Gasteiger partial charge in [0.2, 0.25) is 0 Å². The normalized spacial score (nSPS) is 9.44. The summed E-state index contributed by atoms with van der Waals surface area (Å²) in [5.74, 6) is -0.440. The summed E-state index contributed by atoms with van der Waals surface area (Å²) < 4.78 is 0. The second kappa shape index (κ2) is 6.08. The van der Waals surface area contributed by atoms with E-state index >= 15 is 0 Å². The smallest absolute Gasteiger partial charge is 0.515 e. The van der Waals surface area contributed by atoms with Crippen molar-refractivity contribution in [3.63, 3.8) is 0 Å². The van der Waals surface area contributed by atoms with Crippen molar-refractivity contribution in [3.8, 4) is 0 Å². The first-order chi connectivity index (χ1) is 4.27. The Balaban J connectivity index is 2.83. The second-order valence-corrected chi connectivity index (χ2v) is 2.72. The zero-order valence-electron chi connectivity index (χ0n) is 5.32. The van der Waals surface area contributed by atoms with E-state index in [4.69, 9.17) is 5.11 Å². The lowest BCUT2D eigenvalue weighted by Crippen LogP contribution is -1.93. The molecule has 0 unspecified atom stereocenters. The molecule has 0 radical (unpaired) electrons. The van der Waals surface area contributed by atoms with Crippen molar-refractivity contribution < 1.29 is 9.90 Å². The summed E-state index contributed by atoms with van der Waals surface area (Å²) in [5.41, 5.74) is 0. The van der Waals surface area contributed by atoms with E-state index in [1.807, 2.05) is 0 Å². The molecule has 0 spiro atoms. The number of hydrogen-bond acceptors (Lipinski definition) is 1. The molecule has 0 aliphatic carbocycles. The maximum absolute atomic E-state index is 10.1. The summed E-state index contributed by atoms with van der Waals surface area (Å²) in [7, 11) is 0. The molecule has 0 saturated heterocycles. The van der Waals surface area contributed by atoms with E-state index in [2.05, 4.69) is 15.9 Å². The third-order valence-electron chi connectivity index (χ3n) is 1.04. The molecule has 0 aromatic carbocycles. The van der Waals surface area contributed by atoms with Gasteiger partial charge in [0.05, 0.1) is 0 Å². The average molecular weight is 196 g/mol. The van der Waals surface area contributed by atoms with E-state index in [1.54, 1.807) is 0 Å². The van der Waals surface area contributed by atoms with Crippen molar-refractivity contribution in [2.24, 2.45) is 0 Å². The maximum Gasteiger partial charge on any atom is 0.515 e. The lowest BCUT2D eigenvalue weighted by molar-refractivity contribution is -0.137. The molecule has 9 heavy (non-hydrogen) atoms. The van der Waals surface area contributed by atoms with Crippen LogP contribution in [0.2, 0.25) is 0 Å². The number of alkyl halides is 1. The highest BCUT2D eigenvalue weighted by Crippen LogP contribution is 2.01. The molecule has 0 saturated carbocycles. The van der Waals surface area contributed by atoms with Crippen LogP contribution >= 0.6 is 15.9 Å². The van der Waals surface area contributed by atoms with Gasteiger partial charge >= 0.3 is 5.97 Å². The van der Waals surface area contributed by atoms with Crippen molar-refractivity contribution in [1.29, 1.82) is 0 Å². The van der Waals surface area contributed by atoms with Crippen LogP contribution in [0.1, 0.15) is 25.7 Å². The summed E-state index contributed by atoms with van der Waals surface area (Å²) in [6.45, 7) is 0. The van der Waals surface area contributed by atoms with Gasteiger partial charge < -0.3 is 5.11 Å². The minimum atomic E-state index is -0.440. The zero-order valence-corrected chi connectivity index (χ0v) is 6.91. The standard InChI is InChI=1S/C6H11BrO2/c7-5-3-1-2-4-6(8)9/h1-5H2,(H,8,9)/p+1. The molecule has 54 valence electrons. The summed E-state index contributed by atoms with van der Waals surface area (Å²) >= 11 is 3.28. The fourth-order valence-corrected chi connectivity index (χ4v) is 0.953. The van der Waals surface area contributed by atoms with E-state index < -0.39 is 5.97 Å². The molecule has 0 aromatic rings. The van der Waals surface area contributed by atoms with Gasteiger partial charge in [0.15, 0.2) is 0 Å². The molecule has 0 atom stereocenters. The lowest BCUT2D eigenvalue weighted by Gasteiger charge is -1.89. The minimum absolute atomic E-state index is 0.424. The van der Waals surface area contributed by atoms with Crippen molar-refractivity contribution in [3.05, 3.63) is 0 Å². The minimum Gasteiger partial charge on any atom is -0.565 e. The van der Waals surface area contributed by atoms with Gasteiger partial charge in [-0.05, 0) is 12.8 Å². The number of rotatable bonds is 5. The molecule has 0 heterocycles. The number of carbonyl (C=O) groups is 1. The molecule has 2 N–H and O–H groups in total. The molecule has 0 fully saturated rings. The summed E-state index contributed by atoms with van der Waals surface area (Å²) in [5, 5.41) is 7.56. The molecule has 0 aliphatic rings. The first-order valence-corrected chi connectivity index (χ1v) is 4.20. The Kier molecular flexibility index (Phi) is 6.04. The molecule has 3 heteroatoms. The molecule has 0 aromatic heterocycles. The molecule has 2 nitrogen and oxygen atoms in total. The van der Waals surface area contributed by atoms with Gasteiger partial charge in [-0.25, -0.2) is 0 Å². The Morgan fingerprint density at radius 1 is 1.33 bits per heavy atom. The molecule has 0 rings (SSSR count). The van der Waals surface area contributed by atoms with Crippen LogP contribution in [0.25, 0.3) is 0 Å². The van der Waals surface area contributed by atoms with Crippen LogP contribution in [0.4, 0.5) is 0 Å². The van der Waals surface area contributed by atoms with Gasteiger partial charge in [0, 0.05) is 10.1 Å². The molecular weight excluding hydrogens is 184 g/mol. The van der Waals surface area contributed by atoms with Crippen molar-refractivity contribution in [1.82, 2.24) is 0 Å². The van der Waals surface area contributed by atoms with Crippen molar-refractivity contribution >= 4 is 21.9 Å². The van der Waals surface area contributed by atoms with E-state index in [9.17, 15) is 4.79 Å². The van der Waals surface area contributed by atoms with Gasteiger partial charge in [-0.1, -0.05) is 22.4 Å².